The van der Waals surface area contributed by atoms with Gasteiger partial charge in [0.25, 0.3) is 0 Å². The molecule has 2 saturated carbocycles. The molecule has 32 heavy (non-hydrogen) atoms. The zero-order valence-corrected chi connectivity index (χ0v) is 21.3. The Balaban J connectivity index is 1.21. The number of halogens is 3. The summed E-state index contributed by atoms with van der Waals surface area (Å²) < 4.78 is 13.2. The number of benzene rings is 1. The molecule has 0 radical (unpaired) electrons. The van der Waals surface area contributed by atoms with Gasteiger partial charge in [-0.2, -0.15) is 0 Å². The summed E-state index contributed by atoms with van der Waals surface area (Å²) in [4.78, 5) is 7.11. The lowest BCUT2D eigenvalue weighted by Crippen LogP contribution is -2.68. The monoisotopic (exact) mass is 553 g/mol. The number of fused-ring (bicyclic) bond motifs is 2. The van der Waals surface area contributed by atoms with E-state index in [1.165, 1.54) is 0 Å². The summed E-state index contributed by atoms with van der Waals surface area (Å²) >= 11 is 18.2. The van der Waals surface area contributed by atoms with Crippen LogP contribution in [0.3, 0.4) is 0 Å². The van der Waals surface area contributed by atoms with E-state index in [2.05, 4.69) is 43.3 Å². The van der Waals surface area contributed by atoms with Crippen LogP contribution < -0.4 is 4.90 Å². The molecule has 7 rings (SSSR count). The maximum Gasteiger partial charge on any atom is 0.186 e. The van der Waals surface area contributed by atoms with Gasteiger partial charge in [-0.1, -0.05) is 41.3 Å². The van der Waals surface area contributed by atoms with Crippen LogP contribution in [0.4, 0.5) is 5.13 Å². The molecule has 2 aromatic heterocycles. The second kappa shape index (κ2) is 8.27. The Kier molecular flexibility index (Phi) is 5.54. The molecular weight excluding hydrogens is 533 g/mol. The summed E-state index contributed by atoms with van der Waals surface area (Å²) in [7, 11) is 0. The summed E-state index contributed by atoms with van der Waals surface area (Å²) in [5, 5.41) is 8.69. The average Bonchev–Trinajstić information content (AvgIpc) is 3.41. The maximum absolute atomic E-state index is 6.49. The minimum absolute atomic E-state index is 0.206. The highest BCUT2D eigenvalue weighted by Crippen LogP contribution is 2.49. The largest absolute Gasteiger partial charge is 0.373 e. The van der Waals surface area contributed by atoms with Crippen molar-refractivity contribution in [1.29, 1.82) is 0 Å². The maximum atomic E-state index is 6.49. The van der Waals surface area contributed by atoms with Crippen LogP contribution in [0.5, 0.6) is 0 Å². The minimum Gasteiger partial charge on any atom is -0.373 e. The van der Waals surface area contributed by atoms with Crippen LogP contribution in [0.2, 0.25) is 10.0 Å². The van der Waals surface area contributed by atoms with Crippen LogP contribution >= 0.6 is 50.5 Å². The second-order valence-electron chi connectivity index (χ2n) is 9.00. The number of hydrogen-bond acceptors (Lipinski definition) is 6. The normalized spacial score (nSPS) is 26.9. The van der Waals surface area contributed by atoms with E-state index in [0.717, 1.165) is 52.3 Å². The highest BCUT2D eigenvalue weighted by atomic mass is 79.9. The standard InChI is InChI=1S/C23H22BrCl2N3O2S/c1-11-17-7-13(8-18(11)29(17)23-27-19(24)10-32-23)30-9-14-21(28-31-22(14)12-5-6-12)20-15(25)3-2-4-16(20)26/h2-4,10-13,17-18H,5-9H2,1H3/t11?,13-,17-,18?/m0/s1. The topological polar surface area (TPSA) is 51.4 Å². The van der Waals surface area contributed by atoms with Gasteiger partial charge in [0.2, 0.25) is 0 Å². The fraction of sp³-hybridized carbons (Fsp3) is 0.478. The van der Waals surface area contributed by atoms with Crippen LogP contribution in [0.15, 0.2) is 32.7 Å². The Morgan fingerprint density at radius 1 is 1.22 bits per heavy atom. The number of hydrogen-bond donors (Lipinski definition) is 0. The van der Waals surface area contributed by atoms with Gasteiger partial charge in [-0.25, -0.2) is 4.98 Å². The number of thiazole rings is 1. The highest BCUT2D eigenvalue weighted by Gasteiger charge is 2.52. The molecule has 2 aliphatic carbocycles. The first-order valence-electron chi connectivity index (χ1n) is 10.9. The van der Waals surface area contributed by atoms with Crippen LogP contribution in [0, 0.1) is 5.92 Å². The average molecular weight is 555 g/mol. The summed E-state index contributed by atoms with van der Waals surface area (Å²) in [6.45, 7) is 2.81. The third kappa shape index (κ3) is 3.61. The van der Waals surface area contributed by atoms with Crippen molar-refractivity contribution in [2.75, 3.05) is 4.90 Å². The van der Waals surface area contributed by atoms with E-state index < -0.39 is 0 Å². The molecule has 4 aliphatic rings. The van der Waals surface area contributed by atoms with Gasteiger partial charge in [-0.05, 0) is 59.7 Å². The van der Waals surface area contributed by atoms with Crippen molar-refractivity contribution >= 4 is 55.6 Å². The number of aromatic nitrogens is 2. The van der Waals surface area contributed by atoms with Crippen molar-refractivity contribution in [3.63, 3.8) is 0 Å². The van der Waals surface area contributed by atoms with E-state index >= 15 is 0 Å². The summed E-state index contributed by atoms with van der Waals surface area (Å²) in [6.07, 6.45) is 4.46. The SMILES string of the molecule is CC1C2C[C@@H](OCc3c(-c4c(Cl)cccc4Cl)noc3C3CC3)C[C@@H]1N2c1nc(Br)cs1. The third-order valence-corrected chi connectivity index (χ3v) is 9.25. The second-order valence-corrected chi connectivity index (χ2v) is 11.5. The zero-order chi connectivity index (χ0) is 22.0. The van der Waals surface area contributed by atoms with E-state index in [0.29, 0.717) is 46.3 Å². The molecule has 0 spiro atoms. The van der Waals surface area contributed by atoms with Crippen molar-refractivity contribution in [3.05, 3.63) is 49.6 Å². The lowest BCUT2D eigenvalue weighted by molar-refractivity contribution is -0.0364. The van der Waals surface area contributed by atoms with Gasteiger partial charge in [0.1, 0.15) is 16.1 Å². The van der Waals surface area contributed by atoms with E-state index in [4.69, 9.17) is 32.5 Å². The van der Waals surface area contributed by atoms with Gasteiger partial charge in [-0.15, -0.1) is 11.3 Å². The summed E-state index contributed by atoms with van der Waals surface area (Å²) in [5.41, 5.74) is 2.44. The van der Waals surface area contributed by atoms with E-state index in [-0.39, 0.29) is 6.10 Å². The van der Waals surface area contributed by atoms with Crippen molar-refractivity contribution in [2.45, 2.75) is 63.3 Å². The molecule has 2 unspecified atom stereocenters. The molecule has 4 atom stereocenters. The predicted molar refractivity (Wildman–Crippen MR) is 131 cm³/mol. The molecule has 3 aromatic rings. The first-order valence-corrected chi connectivity index (χ1v) is 13.4. The lowest BCUT2D eigenvalue weighted by atomic mass is 9.70. The molecule has 0 N–H and O–H groups in total. The fourth-order valence-corrected chi connectivity index (χ4v) is 7.17. The predicted octanol–water partition coefficient (Wildman–Crippen LogP) is 7.32. The molecule has 2 saturated heterocycles. The van der Waals surface area contributed by atoms with Crippen molar-refractivity contribution in [1.82, 2.24) is 10.1 Å². The quantitative estimate of drug-likeness (QED) is 0.319. The molecule has 168 valence electrons. The Morgan fingerprint density at radius 3 is 2.56 bits per heavy atom. The van der Waals surface area contributed by atoms with Gasteiger partial charge >= 0.3 is 0 Å². The molecule has 1 aromatic carbocycles. The number of anilines is 1. The minimum atomic E-state index is 0.206. The Labute approximate surface area is 209 Å². The molecule has 0 amide bonds. The Bertz CT molecular complexity index is 1130. The number of rotatable bonds is 6. The Morgan fingerprint density at radius 2 is 1.94 bits per heavy atom. The number of nitrogens with zero attached hydrogens (tertiary/aromatic N) is 3. The van der Waals surface area contributed by atoms with Gasteiger partial charge in [-0.3, -0.25) is 0 Å². The van der Waals surface area contributed by atoms with Crippen molar-refractivity contribution in [2.24, 2.45) is 5.92 Å². The summed E-state index contributed by atoms with van der Waals surface area (Å²) in [5.74, 6) is 2.02. The first-order chi connectivity index (χ1) is 15.5. The molecule has 5 nitrogen and oxygen atoms in total. The molecule has 2 bridgehead atoms. The van der Waals surface area contributed by atoms with Crippen LogP contribution in [-0.4, -0.2) is 28.3 Å². The van der Waals surface area contributed by atoms with Gasteiger partial charge in [0.15, 0.2) is 5.13 Å². The molecular formula is C23H22BrCl2N3O2S. The lowest BCUT2D eigenvalue weighted by Gasteiger charge is -2.59. The van der Waals surface area contributed by atoms with Crippen LogP contribution in [0.25, 0.3) is 11.3 Å². The molecule has 9 heteroatoms. The number of piperidine rings is 1. The van der Waals surface area contributed by atoms with E-state index in [9.17, 15) is 0 Å². The highest BCUT2D eigenvalue weighted by molar-refractivity contribution is 9.10. The van der Waals surface area contributed by atoms with E-state index in [1.807, 2.05) is 18.2 Å². The van der Waals surface area contributed by atoms with Gasteiger partial charge < -0.3 is 14.2 Å². The summed E-state index contributed by atoms with van der Waals surface area (Å²) in [6, 6.07) is 6.45. The van der Waals surface area contributed by atoms with Crippen LogP contribution in [0.1, 0.15) is 49.8 Å². The Hall–Kier alpha value is -1.12. The molecule has 4 heterocycles. The molecule has 4 fully saturated rings. The van der Waals surface area contributed by atoms with Crippen molar-refractivity contribution < 1.29 is 9.26 Å². The molecule has 2 aliphatic heterocycles. The zero-order valence-electron chi connectivity index (χ0n) is 17.4. The third-order valence-electron chi connectivity index (χ3n) is 7.05. The van der Waals surface area contributed by atoms with Crippen molar-refractivity contribution in [3.8, 4) is 11.3 Å². The van der Waals surface area contributed by atoms with Crippen LogP contribution in [-0.2, 0) is 11.3 Å². The fourth-order valence-electron chi connectivity index (χ4n) is 5.23. The first kappa shape index (κ1) is 21.4. The van der Waals surface area contributed by atoms with Gasteiger partial charge in [0.05, 0.1) is 22.8 Å². The van der Waals surface area contributed by atoms with Gasteiger partial charge in [0, 0.05) is 34.5 Å². The smallest absolute Gasteiger partial charge is 0.186 e. The number of ether oxygens (including phenoxy) is 1. The van der Waals surface area contributed by atoms with E-state index in [1.54, 1.807) is 11.3 Å².